The second-order valence-electron chi connectivity index (χ2n) is 8.52. The minimum Gasteiger partial charge on any atom is -0.341 e. The Bertz CT molecular complexity index is 850. The summed E-state index contributed by atoms with van der Waals surface area (Å²) in [7, 11) is 0. The van der Waals surface area contributed by atoms with Crippen molar-refractivity contribution in [2.75, 3.05) is 26.2 Å². The van der Waals surface area contributed by atoms with Crippen molar-refractivity contribution >= 4 is 17.5 Å². The normalized spacial score (nSPS) is 27.9. The number of benzene rings is 1. The summed E-state index contributed by atoms with van der Waals surface area (Å²) in [5, 5.41) is 8.41. The molecule has 6 rings (SSSR count). The van der Waals surface area contributed by atoms with Crippen LogP contribution in [-0.4, -0.2) is 58.1 Å². The van der Waals surface area contributed by atoms with Crippen LogP contribution in [0.4, 0.5) is 0 Å². The van der Waals surface area contributed by atoms with Gasteiger partial charge in [-0.2, -0.15) is 5.10 Å². The number of hydrogen-bond donors (Lipinski definition) is 1. The van der Waals surface area contributed by atoms with Crippen LogP contribution >= 0.6 is 11.6 Å². The van der Waals surface area contributed by atoms with Gasteiger partial charge in [-0.1, -0.05) is 29.8 Å². The fourth-order valence-corrected chi connectivity index (χ4v) is 5.43. The molecule has 5 heterocycles. The predicted octanol–water partition coefficient (Wildman–Crippen LogP) is 3.92. The molecule has 1 amide bonds. The molecule has 2 bridgehead atoms. The summed E-state index contributed by atoms with van der Waals surface area (Å²) in [4.78, 5) is 17.6. The van der Waals surface area contributed by atoms with Crippen LogP contribution in [0, 0.1) is 5.92 Å². The van der Waals surface area contributed by atoms with Crippen molar-refractivity contribution in [2.24, 2.45) is 5.92 Å². The van der Waals surface area contributed by atoms with Gasteiger partial charge in [0.15, 0.2) is 0 Å². The summed E-state index contributed by atoms with van der Waals surface area (Å²) in [6.07, 6.45) is 5.61. The highest BCUT2D eigenvalue weighted by Crippen LogP contribution is 2.35. The molecule has 28 heavy (non-hydrogen) atoms. The van der Waals surface area contributed by atoms with Crippen molar-refractivity contribution in [1.29, 1.82) is 0 Å². The maximum atomic E-state index is 13.1. The minimum atomic E-state index is 0.142. The molecule has 6 heteroatoms. The lowest BCUT2D eigenvalue weighted by Gasteiger charge is -2.46. The Morgan fingerprint density at radius 2 is 1.82 bits per heavy atom. The fourth-order valence-electron chi connectivity index (χ4n) is 5.20. The molecular weight excluding hydrogens is 372 g/mol. The molecule has 4 fully saturated rings. The van der Waals surface area contributed by atoms with Crippen LogP contribution in [0.1, 0.15) is 43.7 Å². The summed E-state index contributed by atoms with van der Waals surface area (Å²) in [6, 6.07) is 10.1. The smallest absolute Gasteiger partial charge is 0.239 e. The number of amides is 1. The van der Waals surface area contributed by atoms with Gasteiger partial charge in [-0.3, -0.25) is 14.8 Å². The van der Waals surface area contributed by atoms with Crippen LogP contribution in [0.25, 0.3) is 11.3 Å². The third-order valence-electron chi connectivity index (χ3n) is 6.93. The lowest BCUT2D eigenvalue weighted by Crippen LogP contribution is -2.57. The number of nitrogens with zero attached hydrogens (tertiary/aromatic N) is 3. The number of likely N-dealkylation sites (tertiary alicyclic amines) is 1. The van der Waals surface area contributed by atoms with Gasteiger partial charge in [0.25, 0.3) is 0 Å². The summed E-state index contributed by atoms with van der Waals surface area (Å²) in [5.41, 5.74) is 3.01. The standard InChI is InChI=1S/C22H27ClN4O/c23-18-4-2-1-3-17(18)20-14-19(24-25-20)16-7-11-27(12-8-16)22(28)21-13-15-5-9-26(21)10-6-15/h1-4,14-16,21H,5-13H2,(H,24,25). The van der Waals surface area contributed by atoms with E-state index in [2.05, 4.69) is 26.1 Å². The van der Waals surface area contributed by atoms with Crippen molar-refractivity contribution in [3.8, 4) is 11.3 Å². The van der Waals surface area contributed by atoms with E-state index in [1.165, 1.54) is 12.8 Å². The lowest BCUT2D eigenvalue weighted by atomic mass is 9.82. The summed E-state index contributed by atoms with van der Waals surface area (Å²) in [5.74, 6) is 1.56. The Morgan fingerprint density at radius 1 is 1.07 bits per heavy atom. The number of aromatic nitrogens is 2. The largest absolute Gasteiger partial charge is 0.341 e. The predicted molar refractivity (Wildman–Crippen MR) is 110 cm³/mol. The van der Waals surface area contributed by atoms with E-state index in [1.807, 2.05) is 24.3 Å². The Balaban J connectivity index is 1.22. The van der Waals surface area contributed by atoms with E-state index in [0.717, 1.165) is 73.3 Å². The van der Waals surface area contributed by atoms with Gasteiger partial charge in [-0.05, 0) is 63.2 Å². The zero-order valence-electron chi connectivity index (χ0n) is 16.1. The molecule has 5 nitrogen and oxygen atoms in total. The van der Waals surface area contributed by atoms with E-state index in [-0.39, 0.29) is 6.04 Å². The molecule has 1 unspecified atom stereocenters. The molecule has 1 N–H and O–H groups in total. The zero-order chi connectivity index (χ0) is 19.1. The van der Waals surface area contributed by atoms with E-state index in [9.17, 15) is 4.79 Å². The van der Waals surface area contributed by atoms with Gasteiger partial charge < -0.3 is 4.90 Å². The number of carbonyl (C=O) groups is 1. The number of hydrogen-bond acceptors (Lipinski definition) is 3. The highest BCUT2D eigenvalue weighted by Gasteiger charge is 2.40. The maximum Gasteiger partial charge on any atom is 0.239 e. The van der Waals surface area contributed by atoms with Crippen LogP contribution in [0.2, 0.25) is 5.02 Å². The molecule has 1 aromatic carbocycles. The Labute approximate surface area is 171 Å². The Morgan fingerprint density at radius 3 is 2.50 bits per heavy atom. The van der Waals surface area contributed by atoms with E-state index in [0.29, 0.717) is 11.8 Å². The first-order valence-corrected chi connectivity index (χ1v) is 10.9. The third-order valence-corrected chi connectivity index (χ3v) is 7.26. The highest BCUT2D eigenvalue weighted by atomic mass is 35.5. The second-order valence-corrected chi connectivity index (χ2v) is 8.93. The van der Waals surface area contributed by atoms with E-state index in [4.69, 9.17) is 11.6 Å². The van der Waals surface area contributed by atoms with Gasteiger partial charge in [-0.25, -0.2) is 0 Å². The van der Waals surface area contributed by atoms with Gasteiger partial charge in [-0.15, -0.1) is 0 Å². The van der Waals surface area contributed by atoms with Crippen LogP contribution in [0.5, 0.6) is 0 Å². The second kappa shape index (κ2) is 7.53. The number of rotatable bonds is 3. The van der Waals surface area contributed by atoms with Crippen molar-refractivity contribution in [3.63, 3.8) is 0 Å². The van der Waals surface area contributed by atoms with Gasteiger partial charge in [0.2, 0.25) is 5.91 Å². The van der Waals surface area contributed by atoms with Crippen LogP contribution in [-0.2, 0) is 4.79 Å². The number of carbonyl (C=O) groups excluding carboxylic acids is 1. The first-order chi connectivity index (χ1) is 13.7. The number of H-pyrrole nitrogens is 1. The molecule has 2 aromatic rings. The number of fused-ring (bicyclic) bond motifs is 3. The average Bonchev–Trinajstić information content (AvgIpc) is 3.24. The van der Waals surface area contributed by atoms with Gasteiger partial charge in [0.05, 0.1) is 16.8 Å². The Kier molecular flexibility index (Phi) is 4.89. The van der Waals surface area contributed by atoms with Gasteiger partial charge in [0.1, 0.15) is 0 Å². The first-order valence-electron chi connectivity index (χ1n) is 10.5. The molecule has 1 atom stereocenters. The summed E-state index contributed by atoms with van der Waals surface area (Å²) < 4.78 is 0. The molecule has 0 saturated carbocycles. The fraction of sp³-hybridized carbons (Fsp3) is 0.545. The minimum absolute atomic E-state index is 0.142. The van der Waals surface area contributed by atoms with E-state index < -0.39 is 0 Å². The van der Waals surface area contributed by atoms with Crippen LogP contribution in [0.15, 0.2) is 30.3 Å². The molecule has 148 valence electrons. The summed E-state index contributed by atoms with van der Waals surface area (Å²) >= 11 is 6.31. The average molecular weight is 399 g/mol. The van der Waals surface area contributed by atoms with Crippen molar-refractivity contribution < 1.29 is 4.79 Å². The number of nitrogens with one attached hydrogen (secondary N) is 1. The zero-order valence-corrected chi connectivity index (χ0v) is 16.9. The topological polar surface area (TPSA) is 52.2 Å². The summed E-state index contributed by atoms with van der Waals surface area (Å²) in [6.45, 7) is 3.91. The SMILES string of the molecule is O=C(C1CC2CCN1CC2)N1CCC(c2cc(-c3ccccc3Cl)n[nH]2)CC1. The molecule has 4 saturated heterocycles. The van der Waals surface area contributed by atoms with Gasteiger partial charge in [0, 0.05) is 30.3 Å². The monoisotopic (exact) mass is 398 g/mol. The molecule has 0 aliphatic carbocycles. The molecule has 0 radical (unpaired) electrons. The molecule has 4 aliphatic heterocycles. The quantitative estimate of drug-likeness (QED) is 0.852. The van der Waals surface area contributed by atoms with Crippen LogP contribution < -0.4 is 0 Å². The van der Waals surface area contributed by atoms with Crippen LogP contribution in [0.3, 0.4) is 0 Å². The van der Waals surface area contributed by atoms with Crippen molar-refractivity contribution in [1.82, 2.24) is 20.0 Å². The van der Waals surface area contributed by atoms with Gasteiger partial charge >= 0.3 is 0 Å². The van der Waals surface area contributed by atoms with Crippen molar-refractivity contribution in [3.05, 3.63) is 41.0 Å². The molecule has 4 aliphatic rings. The maximum absolute atomic E-state index is 13.1. The molecule has 0 spiro atoms. The number of aromatic amines is 1. The third kappa shape index (κ3) is 3.35. The van der Waals surface area contributed by atoms with E-state index in [1.54, 1.807) is 0 Å². The molecule has 1 aromatic heterocycles. The molecular formula is C22H27ClN4O. The van der Waals surface area contributed by atoms with Crippen molar-refractivity contribution in [2.45, 2.75) is 44.1 Å². The number of piperidine rings is 4. The Hall–Kier alpha value is -1.85. The highest BCUT2D eigenvalue weighted by molar-refractivity contribution is 6.33. The number of halogens is 1. The lowest BCUT2D eigenvalue weighted by molar-refractivity contribution is -0.142. The van der Waals surface area contributed by atoms with E-state index >= 15 is 0 Å². The first kappa shape index (κ1) is 18.2.